The number of carboxylic acid groups (broad SMARTS) is 1. The lowest BCUT2D eigenvalue weighted by atomic mass is 10.0. The summed E-state index contributed by atoms with van der Waals surface area (Å²) in [5.74, 6) is -8.54. The van der Waals surface area contributed by atoms with Gasteiger partial charge in [-0.05, 0) is 12.3 Å². The summed E-state index contributed by atoms with van der Waals surface area (Å²) in [7, 11) is 0. The Morgan fingerprint density at radius 1 is 1.13 bits per heavy atom. The van der Waals surface area contributed by atoms with Crippen LogP contribution in [0.2, 0.25) is 0 Å². The third-order valence-electron chi connectivity index (χ3n) is 2.29. The van der Waals surface area contributed by atoms with Crippen molar-refractivity contribution >= 4 is 5.97 Å². The van der Waals surface area contributed by atoms with E-state index in [-0.39, 0.29) is 0 Å². The van der Waals surface area contributed by atoms with Gasteiger partial charge in [-0.1, -0.05) is 0 Å². The number of aliphatic carboxylic acids is 1. The first-order chi connectivity index (χ1) is 6.55. The molecule has 1 aliphatic carbocycles. The van der Waals surface area contributed by atoms with E-state index in [4.69, 9.17) is 5.11 Å². The fraction of sp³-hybridized carbons (Fsp3) is 0.857. The van der Waals surface area contributed by atoms with E-state index >= 15 is 0 Å². The average Bonchev–Trinajstić information content (AvgIpc) is 2.59. The average molecular weight is 236 g/mol. The molecule has 1 fully saturated rings. The molecule has 0 aromatic carbocycles. The molecule has 0 aromatic heterocycles. The van der Waals surface area contributed by atoms with Gasteiger partial charge in [0.05, 0.1) is 5.92 Å². The lowest BCUT2D eigenvalue weighted by Gasteiger charge is -2.22. The summed E-state index contributed by atoms with van der Waals surface area (Å²) in [4.78, 5) is 10.2. The second kappa shape index (κ2) is 3.28. The fourth-order valence-corrected chi connectivity index (χ4v) is 1.54. The van der Waals surface area contributed by atoms with Gasteiger partial charge >= 0.3 is 18.3 Å². The Labute approximate surface area is 79.9 Å². The first-order valence-electron chi connectivity index (χ1n) is 3.91. The molecule has 0 saturated heterocycles. The highest BCUT2D eigenvalue weighted by Crippen LogP contribution is 2.55. The summed E-state index contributed by atoms with van der Waals surface area (Å²) >= 11 is 0. The third-order valence-corrected chi connectivity index (χ3v) is 2.29. The molecule has 1 saturated carbocycles. The van der Waals surface area contributed by atoms with Gasteiger partial charge in [0.2, 0.25) is 0 Å². The van der Waals surface area contributed by atoms with Crippen molar-refractivity contribution in [1.29, 1.82) is 0 Å². The molecule has 0 aliphatic heterocycles. The van der Waals surface area contributed by atoms with Crippen LogP contribution in [-0.4, -0.2) is 23.4 Å². The smallest absolute Gasteiger partial charge is 0.400 e. The third kappa shape index (κ3) is 2.54. The molecule has 1 aliphatic rings. The molecule has 1 rings (SSSR count). The number of halogens is 6. The molecule has 2 nitrogen and oxygen atoms in total. The van der Waals surface area contributed by atoms with E-state index in [1.54, 1.807) is 0 Å². The predicted octanol–water partition coefficient (Wildman–Crippen LogP) is 2.45. The van der Waals surface area contributed by atoms with E-state index in [0.717, 1.165) is 0 Å². The van der Waals surface area contributed by atoms with Gasteiger partial charge < -0.3 is 5.11 Å². The standard InChI is InChI=1S/C7H6F6O2/c8-6(9,10)4(7(11,12)13)2-1-3(2)5(14)15/h2-4H,1H2,(H,14,15)/t2-,3-/m1/s1. The van der Waals surface area contributed by atoms with Gasteiger partial charge in [-0.2, -0.15) is 26.3 Å². The molecule has 0 radical (unpaired) electrons. The lowest BCUT2D eigenvalue weighted by Crippen LogP contribution is -2.38. The molecule has 0 amide bonds. The van der Waals surface area contributed by atoms with E-state index in [1.165, 1.54) is 0 Å². The van der Waals surface area contributed by atoms with E-state index in [1.807, 2.05) is 0 Å². The maximum Gasteiger partial charge on any atom is 0.400 e. The molecule has 2 atom stereocenters. The van der Waals surface area contributed by atoms with Crippen molar-refractivity contribution in [3.8, 4) is 0 Å². The highest BCUT2D eigenvalue weighted by Gasteiger charge is 2.67. The van der Waals surface area contributed by atoms with Crippen LogP contribution in [0, 0.1) is 17.8 Å². The van der Waals surface area contributed by atoms with E-state index in [0.29, 0.717) is 0 Å². The van der Waals surface area contributed by atoms with Crippen molar-refractivity contribution < 1.29 is 36.2 Å². The number of hydrogen-bond acceptors (Lipinski definition) is 1. The molecule has 8 heteroatoms. The van der Waals surface area contributed by atoms with Gasteiger partial charge in [0.15, 0.2) is 5.92 Å². The van der Waals surface area contributed by atoms with Gasteiger partial charge in [-0.25, -0.2) is 0 Å². The topological polar surface area (TPSA) is 37.3 Å². The normalized spacial score (nSPS) is 26.9. The van der Waals surface area contributed by atoms with Gasteiger partial charge in [0, 0.05) is 0 Å². The number of hydrogen-bond donors (Lipinski definition) is 1. The van der Waals surface area contributed by atoms with Crippen LogP contribution in [0.4, 0.5) is 26.3 Å². The van der Waals surface area contributed by atoms with Crippen molar-refractivity contribution in [2.75, 3.05) is 0 Å². The Morgan fingerprint density at radius 3 is 1.73 bits per heavy atom. The largest absolute Gasteiger partial charge is 0.481 e. The van der Waals surface area contributed by atoms with Crippen LogP contribution < -0.4 is 0 Å². The summed E-state index contributed by atoms with van der Waals surface area (Å²) in [5, 5.41) is 8.27. The number of carbonyl (C=O) groups is 1. The second-order valence-electron chi connectivity index (χ2n) is 3.41. The van der Waals surface area contributed by atoms with Crippen LogP contribution in [0.15, 0.2) is 0 Å². The minimum atomic E-state index is -5.44. The van der Waals surface area contributed by atoms with Crippen molar-refractivity contribution in [2.24, 2.45) is 17.8 Å². The van der Waals surface area contributed by atoms with Gasteiger partial charge in [-0.3, -0.25) is 4.79 Å². The number of alkyl halides is 6. The minimum Gasteiger partial charge on any atom is -0.481 e. The molecule has 0 spiro atoms. The zero-order chi connectivity index (χ0) is 12.0. The summed E-state index contributed by atoms with van der Waals surface area (Å²) in [6.45, 7) is 0. The Balaban J connectivity index is 2.83. The Bertz CT molecular complexity index is 254. The fourth-order valence-electron chi connectivity index (χ4n) is 1.54. The monoisotopic (exact) mass is 236 g/mol. The molecule has 0 unspecified atom stereocenters. The van der Waals surface area contributed by atoms with E-state index in [2.05, 4.69) is 0 Å². The first-order valence-corrected chi connectivity index (χ1v) is 3.91. The summed E-state index contributed by atoms with van der Waals surface area (Å²) in [5.41, 5.74) is 0. The van der Waals surface area contributed by atoms with Crippen LogP contribution in [0.3, 0.4) is 0 Å². The molecular formula is C7H6F6O2. The Morgan fingerprint density at radius 2 is 1.53 bits per heavy atom. The predicted molar refractivity (Wildman–Crippen MR) is 34.8 cm³/mol. The molecule has 15 heavy (non-hydrogen) atoms. The van der Waals surface area contributed by atoms with Crippen LogP contribution in [-0.2, 0) is 4.79 Å². The highest BCUT2D eigenvalue weighted by atomic mass is 19.4. The molecule has 88 valence electrons. The number of rotatable bonds is 2. The highest BCUT2D eigenvalue weighted by molar-refractivity contribution is 5.73. The lowest BCUT2D eigenvalue weighted by molar-refractivity contribution is -0.291. The van der Waals surface area contributed by atoms with Crippen molar-refractivity contribution in [3.05, 3.63) is 0 Å². The SMILES string of the molecule is O=C(O)[C@@H]1C[C@H]1C(C(F)(F)F)C(F)(F)F. The van der Waals surface area contributed by atoms with E-state index in [9.17, 15) is 31.1 Å². The molecule has 1 N–H and O–H groups in total. The first kappa shape index (κ1) is 12.1. The van der Waals surface area contributed by atoms with Crippen LogP contribution in [0.25, 0.3) is 0 Å². The molecule has 0 heterocycles. The summed E-state index contributed by atoms with van der Waals surface area (Å²) in [6.07, 6.45) is -11.4. The number of carboxylic acids is 1. The van der Waals surface area contributed by atoms with Crippen molar-refractivity contribution in [2.45, 2.75) is 18.8 Å². The molecular weight excluding hydrogens is 230 g/mol. The van der Waals surface area contributed by atoms with E-state index < -0.39 is 42.5 Å². The minimum absolute atomic E-state index is 0.570. The Hall–Kier alpha value is -0.950. The zero-order valence-electron chi connectivity index (χ0n) is 7.06. The van der Waals surface area contributed by atoms with Crippen LogP contribution in [0.5, 0.6) is 0 Å². The second-order valence-corrected chi connectivity index (χ2v) is 3.41. The molecule has 0 aromatic rings. The maximum absolute atomic E-state index is 12.0. The van der Waals surface area contributed by atoms with Crippen molar-refractivity contribution in [3.63, 3.8) is 0 Å². The summed E-state index contributed by atoms with van der Waals surface area (Å²) < 4.78 is 72.2. The molecule has 0 bridgehead atoms. The zero-order valence-corrected chi connectivity index (χ0v) is 7.06. The van der Waals surface area contributed by atoms with Gasteiger partial charge in [0.1, 0.15) is 0 Å². The van der Waals surface area contributed by atoms with Gasteiger partial charge in [0.25, 0.3) is 0 Å². The maximum atomic E-state index is 12.0. The van der Waals surface area contributed by atoms with Crippen molar-refractivity contribution in [1.82, 2.24) is 0 Å². The quantitative estimate of drug-likeness (QED) is 0.747. The van der Waals surface area contributed by atoms with Gasteiger partial charge in [-0.15, -0.1) is 0 Å². The summed E-state index contributed by atoms with van der Waals surface area (Å²) in [6, 6.07) is 0. The van der Waals surface area contributed by atoms with Crippen LogP contribution >= 0.6 is 0 Å². The van der Waals surface area contributed by atoms with Crippen LogP contribution in [0.1, 0.15) is 6.42 Å². The Kier molecular flexibility index (Phi) is 2.65.